The fraction of sp³-hybridized carbons (Fsp3) is 0.891. The molecule has 0 aromatic rings. The van der Waals surface area contributed by atoms with Crippen molar-refractivity contribution < 1.29 is 81.3 Å². The first-order chi connectivity index (χ1) is 34.4. The molecule has 0 radical (unpaired) electrons. The predicted octanol–water partition coefficient (Wildman–Crippen LogP) is 18.2. The van der Waals surface area contributed by atoms with Crippen molar-refractivity contribution in [1.29, 1.82) is 0 Å². The Bertz CT molecular complexity index is 1960. The first kappa shape index (κ1) is 71.9. The number of fused-ring (bicyclic) bond motifs is 2. The largest absolute Gasteiger partial charge is 0.429 e. The molecule has 4 aliphatic rings. The maximum absolute atomic E-state index is 14.2. The van der Waals surface area contributed by atoms with Gasteiger partial charge in [-0.2, -0.15) is 52.7 Å². The molecule has 6 nitrogen and oxygen atoms in total. The molecule has 77 heavy (non-hydrogen) atoms. The molecule has 0 heterocycles. The molecule has 0 aromatic heterocycles. The van der Waals surface area contributed by atoms with E-state index in [1.165, 1.54) is 19.6 Å². The minimum atomic E-state index is -5.90. The second-order valence-corrected chi connectivity index (χ2v) is 36.5. The van der Waals surface area contributed by atoms with E-state index in [2.05, 4.69) is 26.6 Å². The monoisotopic (exact) mass is 1200 g/mol. The number of allylic oxidation sites excluding steroid dienone is 2. The minimum absolute atomic E-state index is 0.000922. The molecule has 4 fully saturated rings. The zero-order valence-electron chi connectivity index (χ0n) is 47.9. The molecule has 2 N–H and O–H groups in total. The lowest BCUT2D eigenvalue weighted by Crippen LogP contribution is -2.61. The van der Waals surface area contributed by atoms with Crippen molar-refractivity contribution in [2.75, 3.05) is 5.34 Å². The molecule has 4 rings (SSSR count). The highest BCUT2D eigenvalue weighted by molar-refractivity contribution is 6.70. The summed E-state index contributed by atoms with van der Waals surface area (Å²) in [6.45, 7) is 25.6. The van der Waals surface area contributed by atoms with Crippen molar-refractivity contribution in [2.24, 2.45) is 45.3 Å². The van der Waals surface area contributed by atoms with E-state index in [9.17, 15) is 72.5 Å². The summed E-state index contributed by atoms with van der Waals surface area (Å²) in [6.07, 6.45) is -10.9. The van der Waals surface area contributed by atoms with Crippen LogP contribution in [0.1, 0.15) is 171 Å². The summed E-state index contributed by atoms with van der Waals surface area (Å²) in [5, 5.41) is 19.8. The highest BCUT2D eigenvalue weighted by Crippen LogP contribution is 2.64. The summed E-state index contributed by atoms with van der Waals surface area (Å²) >= 11 is 9.53. The van der Waals surface area contributed by atoms with Gasteiger partial charge in [-0.05, 0) is 203 Å². The molecule has 0 spiro atoms. The van der Waals surface area contributed by atoms with E-state index in [4.69, 9.17) is 32.1 Å². The number of ketones is 2. The molecule has 8 atom stereocenters. The fourth-order valence-corrected chi connectivity index (χ4v) is 17.1. The van der Waals surface area contributed by atoms with E-state index in [0.717, 1.165) is 57.1 Å². The van der Waals surface area contributed by atoms with Gasteiger partial charge in [-0.1, -0.05) is 52.7 Å². The summed E-state index contributed by atoms with van der Waals surface area (Å²) in [6, 6.07) is 0. The van der Waals surface area contributed by atoms with Crippen LogP contribution >= 0.6 is 23.2 Å². The second-order valence-electron chi connectivity index (χ2n) is 26.8. The molecular formula is C55H90Cl2F12O6Si2. The third kappa shape index (κ3) is 18.4. The molecule has 0 aromatic carbocycles. The lowest BCUT2D eigenvalue weighted by molar-refractivity contribution is -0.347. The summed E-state index contributed by atoms with van der Waals surface area (Å²) in [4.78, 5) is 25.4. The highest BCUT2D eigenvalue weighted by Gasteiger charge is 2.72. The van der Waals surface area contributed by atoms with Crippen molar-refractivity contribution in [3.63, 3.8) is 0 Å². The third-order valence-electron chi connectivity index (χ3n) is 17.1. The van der Waals surface area contributed by atoms with Gasteiger partial charge in [0, 0.05) is 24.7 Å². The van der Waals surface area contributed by atoms with E-state index in [0.29, 0.717) is 57.8 Å². The molecule has 0 saturated heterocycles. The van der Waals surface area contributed by atoms with E-state index >= 15 is 0 Å². The molecule has 22 heteroatoms. The van der Waals surface area contributed by atoms with Crippen LogP contribution in [0.25, 0.3) is 0 Å². The van der Waals surface area contributed by atoms with Crippen LogP contribution in [0.4, 0.5) is 52.7 Å². The predicted molar refractivity (Wildman–Crippen MR) is 286 cm³/mol. The van der Waals surface area contributed by atoms with Gasteiger partial charge >= 0.3 is 24.7 Å². The van der Waals surface area contributed by atoms with Crippen LogP contribution in [0.15, 0.2) is 24.3 Å². The number of carbonyl (C=O) groups excluding carboxylic acids is 2. The number of aliphatic hydroxyl groups is 2. The third-order valence-corrected chi connectivity index (χ3v) is 19.2. The van der Waals surface area contributed by atoms with E-state index in [1.54, 1.807) is 13.8 Å². The SMILES string of the molecule is CC(C)(CCCC(C)(C/C=C/C(O[Si](C)(C)C)(C(F)(F)F)C(F)(F)F)C1CCC2C(=O)CCC[C@@]21C)O[Si](C)(C)C.CC(C)(O)CCCC(C)(C/C=C/C(O)(C(F)(F)F)C(F)(F)F)C1CCC2C(=O)CCC[C@@]21C.ClCCl. The minimum Gasteiger partial charge on any atom is -0.413 e. The Morgan fingerprint density at radius 1 is 0.558 bits per heavy atom. The number of Topliss-reactive ketones (excluding diaryl/α,β-unsaturated/α-hetero) is 2. The normalized spacial score (nSPS) is 27.1. The van der Waals surface area contributed by atoms with Gasteiger partial charge in [0.25, 0.3) is 11.2 Å². The van der Waals surface area contributed by atoms with Gasteiger partial charge in [-0.15, -0.1) is 23.2 Å². The van der Waals surface area contributed by atoms with Gasteiger partial charge in [0.05, 0.1) is 16.5 Å². The van der Waals surface area contributed by atoms with Gasteiger partial charge in [0.15, 0.2) is 16.6 Å². The van der Waals surface area contributed by atoms with Crippen LogP contribution in [-0.2, 0) is 18.4 Å². The smallest absolute Gasteiger partial charge is 0.413 e. The molecule has 0 bridgehead atoms. The van der Waals surface area contributed by atoms with Crippen LogP contribution < -0.4 is 0 Å². The molecule has 4 aliphatic carbocycles. The average Bonchev–Trinajstić information content (AvgIpc) is 3.76. The van der Waals surface area contributed by atoms with Gasteiger partial charge in [0.1, 0.15) is 11.6 Å². The second kappa shape index (κ2) is 25.8. The Morgan fingerprint density at radius 3 is 1.23 bits per heavy atom. The molecular weight excluding hydrogens is 1110 g/mol. The first-order valence-electron chi connectivity index (χ1n) is 27.0. The maximum atomic E-state index is 14.2. The topological polar surface area (TPSA) is 93.1 Å². The number of rotatable bonds is 20. The van der Waals surface area contributed by atoms with E-state index < -0.39 is 74.6 Å². The summed E-state index contributed by atoms with van der Waals surface area (Å²) in [5.41, 5.74) is -12.6. The Morgan fingerprint density at radius 2 is 0.909 bits per heavy atom. The lowest BCUT2D eigenvalue weighted by Gasteiger charge is -2.48. The van der Waals surface area contributed by atoms with Crippen LogP contribution in [0.2, 0.25) is 39.3 Å². The maximum Gasteiger partial charge on any atom is 0.429 e. The van der Waals surface area contributed by atoms with E-state index in [1.807, 2.05) is 34.6 Å². The Labute approximate surface area is 463 Å². The Hall–Kier alpha value is -1.17. The number of carbonyl (C=O) groups is 2. The van der Waals surface area contributed by atoms with E-state index in [-0.39, 0.29) is 76.4 Å². The number of hydrogen-bond donors (Lipinski definition) is 2. The number of alkyl halides is 14. The lowest BCUT2D eigenvalue weighted by atomic mass is 9.56. The molecule has 452 valence electrons. The molecule has 6 unspecified atom stereocenters. The molecule has 0 aliphatic heterocycles. The highest BCUT2D eigenvalue weighted by atomic mass is 35.5. The van der Waals surface area contributed by atoms with Crippen LogP contribution in [0.3, 0.4) is 0 Å². The summed E-state index contributed by atoms with van der Waals surface area (Å²) in [7, 11) is -5.10. The quantitative estimate of drug-likeness (QED) is 0.0546. The molecule has 4 saturated carbocycles. The summed E-state index contributed by atoms with van der Waals surface area (Å²) < 4.78 is 175. The van der Waals surface area contributed by atoms with Crippen LogP contribution in [-0.4, -0.2) is 90.9 Å². The number of hydrogen-bond acceptors (Lipinski definition) is 6. The first-order valence-corrected chi connectivity index (χ1v) is 34.9. The van der Waals surface area contributed by atoms with Gasteiger partial charge < -0.3 is 19.1 Å². The summed E-state index contributed by atoms with van der Waals surface area (Å²) in [5.74, 6) is 0.103. The van der Waals surface area contributed by atoms with Crippen molar-refractivity contribution in [3.05, 3.63) is 24.3 Å². The standard InChI is InChI=1S/C30H52F6O3Si2.C24H36F6O3.CH2Cl2/c1-25(2,38-40(5,6)7)17-12-18-26(3,24-16-15-22-23(37)14-11-20-27(22,24)4)19-13-21-28(29(31,32)33,30(34,35)36)39-41(8,9)10;1-19(2,32)11-6-12-20(3,13-7-15-22(33,23(25,26)27)24(28,29)30)18-10-9-16-17(31)8-5-14-21(16,18)4;2-1-3/h13,21-22,24H,11-12,14-20H2,1-10H3;7,15-16,18,32-33H,5-6,8-14H2,1-4H3;1H2/b21-13+;15-7+;/t22?,24?,26?,27-;16?,18?,20?,21-;/m00./s1. The fourth-order valence-electron chi connectivity index (χ4n) is 14.0. The Kier molecular flexibility index (Phi) is 24.1. The van der Waals surface area contributed by atoms with Crippen molar-refractivity contribution in [1.82, 2.24) is 0 Å². The van der Waals surface area contributed by atoms with Gasteiger partial charge in [0.2, 0.25) is 0 Å². The van der Waals surface area contributed by atoms with Crippen LogP contribution in [0.5, 0.6) is 0 Å². The number of halogens is 14. The zero-order valence-corrected chi connectivity index (χ0v) is 51.4. The van der Waals surface area contributed by atoms with Crippen LogP contribution in [0, 0.1) is 45.3 Å². The van der Waals surface area contributed by atoms with Crippen molar-refractivity contribution in [3.8, 4) is 0 Å². The average molecular weight is 1200 g/mol. The van der Waals surface area contributed by atoms with Crippen molar-refractivity contribution >= 4 is 51.4 Å². The van der Waals surface area contributed by atoms with Gasteiger partial charge in [-0.25, -0.2) is 0 Å². The molecule has 0 amide bonds. The van der Waals surface area contributed by atoms with Crippen molar-refractivity contribution in [2.45, 2.75) is 257 Å². The zero-order chi connectivity index (χ0) is 60.1. The van der Waals surface area contributed by atoms with Gasteiger partial charge in [-0.3, -0.25) is 9.59 Å². The Balaban J connectivity index is 0.000000511.